The summed E-state index contributed by atoms with van der Waals surface area (Å²) in [6, 6.07) is 8.63. The van der Waals surface area contributed by atoms with Crippen molar-refractivity contribution in [3.05, 3.63) is 29.8 Å². The Morgan fingerprint density at radius 2 is 2.35 bits per heavy atom. The molecule has 1 aliphatic heterocycles. The number of ether oxygens (including phenoxy) is 1. The molecule has 1 unspecified atom stereocenters. The molecule has 1 aromatic carbocycles. The van der Waals surface area contributed by atoms with E-state index in [9.17, 15) is 0 Å². The van der Waals surface area contributed by atoms with Crippen molar-refractivity contribution >= 4 is 5.69 Å². The molecule has 1 fully saturated rings. The molecule has 1 aromatic rings. The molecule has 0 bridgehead atoms. The first kappa shape index (κ1) is 12.4. The van der Waals surface area contributed by atoms with Crippen LogP contribution in [0.1, 0.15) is 31.9 Å². The number of morpholine rings is 1. The monoisotopic (exact) mass is 234 g/mol. The van der Waals surface area contributed by atoms with Crippen molar-refractivity contribution < 1.29 is 4.74 Å². The average molecular weight is 234 g/mol. The van der Waals surface area contributed by atoms with Gasteiger partial charge in [0, 0.05) is 24.8 Å². The van der Waals surface area contributed by atoms with Crippen LogP contribution in [-0.2, 0) is 4.74 Å². The topological polar surface area (TPSA) is 38.5 Å². The highest BCUT2D eigenvalue weighted by atomic mass is 16.5. The highest BCUT2D eigenvalue weighted by Gasteiger charge is 2.19. The van der Waals surface area contributed by atoms with Gasteiger partial charge in [-0.2, -0.15) is 0 Å². The van der Waals surface area contributed by atoms with Crippen molar-refractivity contribution in [2.24, 2.45) is 5.73 Å². The lowest BCUT2D eigenvalue weighted by Crippen LogP contribution is -2.42. The minimum absolute atomic E-state index is 0.0953. The van der Waals surface area contributed by atoms with E-state index in [-0.39, 0.29) is 6.04 Å². The summed E-state index contributed by atoms with van der Waals surface area (Å²) in [6.45, 7) is 6.97. The third kappa shape index (κ3) is 2.99. The Morgan fingerprint density at radius 3 is 3.06 bits per heavy atom. The number of anilines is 1. The fourth-order valence-corrected chi connectivity index (χ4v) is 2.21. The van der Waals surface area contributed by atoms with Crippen LogP contribution in [0.5, 0.6) is 0 Å². The lowest BCUT2D eigenvalue weighted by atomic mass is 10.1. The molecule has 0 spiro atoms. The second kappa shape index (κ2) is 5.52. The van der Waals surface area contributed by atoms with Gasteiger partial charge in [0.25, 0.3) is 0 Å². The van der Waals surface area contributed by atoms with Crippen LogP contribution >= 0.6 is 0 Å². The van der Waals surface area contributed by atoms with Gasteiger partial charge in [-0.25, -0.2) is 0 Å². The first-order chi connectivity index (χ1) is 8.20. The van der Waals surface area contributed by atoms with Gasteiger partial charge in [-0.15, -0.1) is 0 Å². The largest absolute Gasteiger partial charge is 0.375 e. The Balaban J connectivity index is 2.13. The number of nitrogens with two attached hydrogens (primary N) is 1. The van der Waals surface area contributed by atoms with E-state index in [1.807, 2.05) is 6.92 Å². The molecule has 3 heteroatoms. The summed E-state index contributed by atoms with van der Waals surface area (Å²) in [5.41, 5.74) is 8.38. The van der Waals surface area contributed by atoms with E-state index in [0.717, 1.165) is 26.1 Å². The minimum atomic E-state index is 0.0953. The number of hydrogen-bond acceptors (Lipinski definition) is 3. The van der Waals surface area contributed by atoms with Gasteiger partial charge in [0.1, 0.15) is 0 Å². The maximum atomic E-state index is 5.92. The molecule has 0 amide bonds. The van der Waals surface area contributed by atoms with Crippen LogP contribution in [0.4, 0.5) is 5.69 Å². The van der Waals surface area contributed by atoms with Crippen LogP contribution in [0.2, 0.25) is 0 Å². The number of benzene rings is 1. The Morgan fingerprint density at radius 1 is 1.53 bits per heavy atom. The van der Waals surface area contributed by atoms with Crippen molar-refractivity contribution in [3.8, 4) is 0 Å². The van der Waals surface area contributed by atoms with E-state index in [2.05, 4.69) is 36.1 Å². The fraction of sp³-hybridized carbons (Fsp3) is 0.571. The maximum Gasteiger partial charge on any atom is 0.0748 e. The smallest absolute Gasteiger partial charge is 0.0748 e. The summed E-state index contributed by atoms with van der Waals surface area (Å²) < 4.78 is 5.69. The zero-order valence-electron chi connectivity index (χ0n) is 10.7. The zero-order chi connectivity index (χ0) is 12.3. The predicted octanol–water partition coefficient (Wildman–Crippen LogP) is 2.32. The third-order valence-corrected chi connectivity index (χ3v) is 3.36. The first-order valence-electron chi connectivity index (χ1n) is 6.42. The van der Waals surface area contributed by atoms with E-state index in [0.29, 0.717) is 6.10 Å². The Bertz CT molecular complexity index is 365. The lowest BCUT2D eigenvalue weighted by molar-refractivity contribution is 0.0384. The molecule has 0 aromatic heterocycles. The summed E-state index contributed by atoms with van der Waals surface area (Å²) >= 11 is 0. The Labute approximate surface area is 104 Å². The van der Waals surface area contributed by atoms with Crippen LogP contribution in [0.25, 0.3) is 0 Å². The molecule has 0 aliphatic carbocycles. The van der Waals surface area contributed by atoms with Crippen LogP contribution in [0.15, 0.2) is 24.3 Å². The van der Waals surface area contributed by atoms with Gasteiger partial charge in [0.15, 0.2) is 0 Å². The molecule has 1 aliphatic rings. The van der Waals surface area contributed by atoms with E-state index in [1.54, 1.807) is 0 Å². The van der Waals surface area contributed by atoms with Gasteiger partial charge in [0.2, 0.25) is 0 Å². The van der Waals surface area contributed by atoms with Crippen molar-refractivity contribution in [3.63, 3.8) is 0 Å². The summed E-state index contributed by atoms with van der Waals surface area (Å²) in [5, 5.41) is 0. The van der Waals surface area contributed by atoms with Crippen molar-refractivity contribution in [1.82, 2.24) is 0 Å². The Hall–Kier alpha value is -1.06. The summed E-state index contributed by atoms with van der Waals surface area (Å²) in [7, 11) is 0. The molecule has 94 valence electrons. The SMILES string of the molecule is CCC1CN(c2cccc([C@H](C)N)c2)CCO1. The highest BCUT2D eigenvalue weighted by molar-refractivity contribution is 5.49. The number of rotatable bonds is 3. The predicted molar refractivity (Wildman–Crippen MR) is 71.3 cm³/mol. The molecule has 0 radical (unpaired) electrons. The second-order valence-electron chi connectivity index (χ2n) is 4.73. The van der Waals surface area contributed by atoms with Gasteiger partial charge < -0.3 is 15.4 Å². The first-order valence-corrected chi connectivity index (χ1v) is 6.42. The van der Waals surface area contributed by atoms with Gasteiger partial charge >= 0.3 is 0 Å². The lowest BCUT2D eigenvalue weighted by Gasteiger charge is -2.34. The Kier molecular flexibility index (Phi) is 4.02. The van der Waals surface area contributed by atoms with Crippen molar-refractivity contribution in [1.29, 1.82) is 0 Å². The highest BCUT2D eigenvalue weighted by Crippen LogP contribution is 2.22. The van der Waals surface area contributed by atoms with Crippen LogP contribution in [0.3, 0.4) is 0 Å². The van der Waals surface area contributed by atoms with Crippen molar-refractivity contribution in [2.75, 3.05) is 24.6 Å². The van der Waals surface area contributed by atoms with Crippen LogP contribution < -0.4 is 10.6 Å². The third-order valence-electron chi connectivity index (χ3n) is 3.36. The van der Waals surface area contributed by atoms with Crippen molar-refractivity contribution in [2.45, 2.75) is 32.4 Å². The minimum Gasteiger partial charge on any atom is -0.375 e. The molecule has 2 N–H and O–H groups in total. The molecule has 0 saturated carbocycles. The second-order valence-corrected chi connectivity index (χ2v) is 4.73. The molecular weight excluding hydrogens is 212 g/mol. The van der Waals surface area contributed by atoms with E-state index < -0.39 is 0 Å². The standard InChI is InChI=1S/C14H22N2O/c1-3-14-10-16(7-8-17-14)13-6-4-5-12(9-13)11(2)15/h4-6,9,11,14H,3,7-8,10,15H2,1-2H3/t11-,14?/m0/s1. The van der Waals surface area contributed by atoms with Gasteiger partial charge in [-0.3, -0.25) is 0 Å². The molecule has 2 atom stereocenters. The summed E-state index contributed by atoms with van der Waals surface area (Å²) in [4.78, 5) is 2.39. The summed E-state index contributed by atoms with van der Waals surface area (Å²) in [6.07, 6.45) is 1.44. The van der Waals surface area contributed by atoms with E-state index >= 15 is 0 Å². The molecule has 3 nitrogen and oxygen atoms in total. The van der Waals surface area contributed by atoms with Gasteiger partial charge in [0.05, 0.1) is 12.7 Å². The van der Waals surface area contributed by atoms with Crippen LogP contribution in [-0.4, -0.2) is 25.8 Å². The van der Waals surface area contributed by atoms with E-state index in [1.165, 1.54) is 11.3 Å². The molecule has 2 rings (SSSR count). The fourth-order valence-electron chi connectivity index (χ4n) is 2.21. The van der Waals surface area contributed by atoms with E-state index in [4.69, 9.17) is 10.5 Å². The zero-order valence-corrected chi connectivity index (χ0v) is 10.7. The normalized spacial score (nSPS) is 22.5. The molecular formula is C14H22N2O. The van der Waals surface area contributed by atoms with Gasteiger partial charge in [-0.1, -0.05) is 19.1 Å². The quantitative estimate of drug-likeness (QED) is 0.872. The number of hydrogen-bond donors (Lipinski definition) is 1. The molecule has 17 heavy (non-hydrogen) atoms. The molecule has 1 heterocycles. The number of nitrogens with zero attached hydrogens (tertiary/aromatic N) is 1. The average Bonchev–Trinajstić information content (AvgIpc) is 2.39. The molecule has 1 saturated heterocycles. The maximum absolute atomic E-state index is 5.92. The van der Waals surface area contributed by atoms with Crippen LogP contribution in [0, 0.1) is 0 Å². The van der Waals surface area contributed by atoms with Gasteiger partial charge in [-0.05, 0) is 31.0 Å². The summed E-state index contributed by atoms with van der Waals surface area (Å²) in [5.74, 6) is 0.